The summed E-state index contributed by atoms with van der Waals surface area (Å²) >= 11 is 6.43. The zero-order valence-corrected chi connectivity index (χ0v) is 11.0. The number of hydrogen-bond acceptors (Lipinski definition) is 1. The quantitative estimate of drug-likeness (QED) is 0.602. The number of carbonyl (C=O) groups is 1. The van der Waals surface area contributed by atoms with Crippen molar-refractivity contribution >= 4 is 17.6 Å². The van der Waals surface area contributed by atoms with Crippen LogP contribution in [0, 0.1) is 17.8 Å². The third-order valence-electron chi connectivity index (χ3n) is 4.51. The number of carboxylic acid groups (broad SMARTS) is 1. The van der Waals surface area contributed by atoms with Gasteiger partial charge in [0, 0.05) is 5.38 Å². The van der Waals surface area contributed by atoms with Gasteiger partial charge in [0.25, 0.3) is 0 Å². The Labute approximate surface area is 108 Å². The van der Waals surface area contributed by atoms with Crippen LogP contribution in [-0.2, 0) is 4.79 Å². The lowest BCUT2D eigenvalue weighted by atomic mass is 9.70. The highest BCUT2D eigenvalue weighted by Gasteiger charge is 2.35. The highest BCUT2D eigenvalue weighted by atomic mass is 35.5. The van der Waals surface area contributed by atoms with Crippen molar-refractivity contribution < 1.29 is 9.90 Å². The number of aliphatic carboxylic acids is 1. The van der Waals surface area contributed by atoms with Crippen molar-refractivity contribution in [2.24, 2.45) is 17.8 Å². The van der Waals surface area contributed by atoms with Gasteiger partial charge in [0.15, 0.2) is 0 Å². The predicted molar refractivity (Wildman–Crippen MR) is 69.2 cm³/mol. The maximum atomic E-state index is 10.9. The molecule has 0 heterocycles. The largest absolute Gasteiger partial charge is 0.481 e. The van der Waals surface area contributed by atoms with E-state index in [4.69, 9.17) is 16.7 Å². The van der Waals surface area contributed by atoms with Crippen LogP contribution in [0.25, 0.3) is 0 Å². The fraction of sp³-hybridized carbons (Fsp3) is 0.786. The molecule has 2 saturated carbocycles. The Morgan fingerprint density at radius 2 is 1.88 bits per heavy atom. The standard InChI is InChI=1S/C14H21ClO2/c1-9-2-7-12(13(15)8-9)10-3-5-11(6-4-10)14(16)17/h10-13H,1-8H2,(H,16,17). The molecule has 96 valence electrons. The van der Waals surface area contributed by atoms with Crippen LogP contribution in [0.3, 0.4) is 0 Å². The van der Waals surface area contributed by atoms with Gasteiger partial charge in [0.05, 0.1) is 5.92 Å². The average molecular weight is 257 g/mol. The first-order valence-corrected chi connectivity index (χ1v) is 7.05. The molecule has 1 N–H and O–H groups in total. The van der Waals surface area contributed by atoms with Crippen LogP contribution in [0.4, 0.5) is 0 Å². The fourth-order valence-electron chi connectivity index (χ4n) is 3.41. The highest BCUT2D eigenvalue weighted by molar-refractivity contribution is 6.21. The zero-order chi connectivity index (χ0) is 12.4. The summed E-state index contributed by atoms with van der Waals surface area (Å²) in [6.45, 7) is 4.02. The summed E-state index contributed by atoms with van der Waals surface area (Å²) in [5.41, 5.74) is 1.28. The lowest BCUT2D eigenvalue weighted by molar-refractivity contribution is -0.143. The van der Waals surface area contributed by atoms with Gasteiger partial charge in [-0.1, -0.05) is 12.2 Å². The number of halogens is 1. The first-order valence-electron chi connectivity index (χ1n) is 6.61. The van der Waals surface area contributed by atoms with E-state index in [9.17, 15) is 4.79 Å². The molecule has 0 spiro atoms. The van der Waals surface area contributed by atoms with Gasteiger partial charge in [-0.05, 0) is 56.8 Å². The Hall–Kier alpha value is -0.500. The molecule has 2 aliphatic rings. The van der Waals surface area contributed by atoms with Crippen molar-refractivity contribution in [2.75, 3.05) is 0 Å². The summed E-state index contributed by atoms with van der Waals surface area (Å²) in [5.74, 6) is 0.486. The third-order valence-corrected chi connectivity index (χ3v) is 4.98. The summed E-state index contributed by atoms with van der Waals surface area (Å²) in [4.78, 5) is 10.9. The molecule has 0 aromatic rings. The minimum atomic E-state index is -0.622. The first kappa shape index (κ1) is 12.9. The molecule has 17 heavy (non-hydrogen) atoms. The molecule has 3 heteroatoms. The van der Waals surface area contributed by atoms with Crippen LogP contribution in [0.15, 0.2) is 12.2 Å². The van der Waals surface area contributed by atoms with Gasteiger partial charge in [0.1, 0.15) is 0 Å². The van der Waals surface area contributed by atoms with E-state index < -0.39 is 5.97 Å². The number of alkyl halides is 1. The van der Waals surface area contributed by atoms with Gasteiger partial charge in [-0.15, -0.1) is 11.6 Å². The van der Waals surface area contributed by atoms with E-state index in [-0.39, 0.29) is 11.3 Å². The maximum Gasteiger partial charge on any atom is 0.306 e. The van der Waals surface area contributed by atoms with E-state index in [1.54, 1.807) is 0 Å². The lowest BCUT2D eigenvalue weighted by Crippen LogP contribution is -2.32. The molecule has 0 aromatic carbocycles. The van der Waals surface area contributed by atoms with Gasteiger partial charge < -0.3 is 5.11 Å². The highest BCUT2D eigenvalue weighted by Crippen LogP contribution is 2.42. The second-order valence-corrected chi connectivity index (χ2v) is 6.18. The van der Waals surface area contributed by atoms with E-state index in [0.29, 0.717) is 11.8 Å². The molecule has 0 saturated heterocycles. The Morgan fingerprint density at radius 3 is 2.41 bits per heavy atom. The predicted octanol–water partition coefficient (Wildman–Crippen LogP) is 3.84. The number of rotatable bonds is 2. The van der Waals surface area contributed by atoms with Crippen LogP contribution in [0.2, 0.25) is 0 Å². The molecule has 2 atom stereocenters. The van der Waals surface area contributed by atoms with Gasteiger partial charge in [-0.3, -0.25) is 4.79 Å². The molecular formula is C14H21ClO2. The summed E-state index contributed by atoms with van der Waals surface area (Å²) < 4.78 is 0. The van der Waals surface area contributed by atoms with E-state index >= 15 is 0 Å². The molecule has 0 amide bonds. The molecule has 0 radical (unpaired) electrons. The fourth-order valence-corrected chi connectivity index (χ4v) is 3.96. The Bertz CT molecular complexity index is 305. The Kier molecular flexibility index (Phi) is 4.13. The molecule has 2 aliphatic carbocycles. The van der Waals surface area contributed by atoms with Gasteiger partial charge in [-0.25, -0.2) is 0 Å². The monoisotopic (exact) mass is 256 g/mol. The maximum absolute atomic E-state index is 10.9. The lowest BCUT2D eigenvalue weighted by Gasteiger charge is -2.38. The third kappa shape index (κ3) is 3.04. The number of carboxylic acids is 1. The second-order valence-electron chi connectivity index (χ2n) is 5.62. The van der Waals surface area contributed by atoms with Crippen LogP contribution in [0.1, 0.15) is 44.9 Å². The van der Waals surface area contributed by atoms with Crippen LogP contribution in [-0.4, -0.2) is 16.5 Å². The SMILES string of the molecule is C=C1CCC(C2CCC(C(=O)O)CC2)C(Cl)C1. The van der Waals surface area contributed by atoms with Crippen molar-refractivity contribution in [3.05, 3.63) is 12.2 Å². The average Bonchev–Trinajstić information content (AvgIpc) is 2.29. The van der Waals surface area contributed by atoms with Crippen molar-refractivity contribution in [3.63, 3.8) is 0 Å². The number of allylic oxidation sites excluding steroid dienone is 1. The van der Waals surface area contributed by atoms with Gasteiger partial charge in [0.2, 0.25) is 0 Å². The Balaban J connectivity index is 1.88. The first-order chi connectivity index (χ1) is 8.08. The normalized spacial score (nSPS) is 39.0. The van der Waals surface area contributed by atoms with Crippen molar-refractivity contribution in [2.45, 2.75) is 50.3 Å². The van der Waals surface area contributed by atoms with E-state index in [2.05, 4.69) is 6.58 Å². The minimum Gasteiger partial charge on any atom is -0.481 e. The topological polar surface area (TPSA) is 37.3 Å². The minimum absolute atomic E-state index is 0.112. The molecule has 0 aliphatic heterocycles. The van der Waals surface area contributed by atoms with Crippen LogP contribution >= 0.6 is 11.6 Å². The van der Waals surface area contributed by atoms with Crippen molar-refractivity contribution in [1.82, 2.24) is 0 Å². The second kappa shape index (κ2) is 5.43. The van der Waals surface area contributed by atoms with Crippen LogP contribution in [0.5, 0.6) is 0 Å². The molecule has 2 unspecified atom stereocenters. The summed E-state index contributed by atoms with van der Waals surface area (Å²) in [5, 5.41) is 9.21. The summed E-state index contributed by atoms with van der Waals surface area (Å²) in [6, 6.07) is 0. The van der Waals surface area contributed by atoms with E-state index in [1.165, 1.54) is 5.57 Å². The van der Waals surface area contributed by atoms with Crippen molar-refractivity contribution in [3.8, 4) is 0 Å². The smallest absolute Gasteiger partial charge is 0.306 e. The molecule has 2 fully saturated rings. The van der Waals surface area contributed by atoms with Gasteiger partial charge in [-0.2, -0.15) is 0 Å². The Morgan fingerprint density at radius 1 is 1.24 bits per heavy atom. The molecule has 0 aromatic heterocycles. The summed E-state index contributed by atoms with van der Waals surface area (Å²) in [7, 11) is 0. The molecule has 2 nitrogen and oxygen atoms in total. The molecular weight excluding hydrogens is 236 g/mol. The van der Waals surface area contributed by atoms with E-state index in [1.807, 2.05) is 0 Å². The van der Waals surface area contributed by atoms with Gasteiger partial charge >= 0.3 is 5.97 Å². The molecule has 0 bridgehead atoms. The number of hydrogen-bond donors (Lipinski definition) is 1. The summed E-state index contributed by atoms with van der Waals surface area (Å²) in [6.07, 6.45) is 6.95. The molecule has 2 rings (SSSR count). The van der Waals surface area contributed by atoms with E-state index in [0.717, 1.165) is 44.9 Å². The zero-order valence-electron chi connectivity index (χ0n) is 10.2. The van der Waals surface area contributed by atoms with Crippen LogP contribution < -0.4 is 0 Å². The van der Waals surface area contributed by atoms with Crippen molar-refractivity contribution in [1.29, 1.82) is 0 Å².